The Morgan fingerprint density at radius 2 is 2.22 bits per heavy atom. The van der Waals surface area contributed by atoms with Crippen molar-refractivity contribution in [3.63, 3.8) is 0 Å². The molecule has 0 aromatic heterocycles. The Hall–Kier alpha value is -1.20. The number of carbonyl (C=O) groups is 1. The van der Waals surface area contributed by atoms with Gasteiger partial charge in [-0.3, -0.25) is 4.79 Å². The first kappa shape index (κ1) is 14.9. The van der Waals surface area contributed by atoms with Crippen LogP contribution in [0.1, 0.15) is 24.8 Å². The molecule has 2 N–H and O–H groups in total. The lowest BCUT2D eigenvalue weighted by Crippen LogP contribution is -2.35. The van der Waals surface area contributed by atoms with Gasteiger partial charge in [0.15, 0.2) is 0 Å². The molecule has 1 heterocycles. The second-order valence-corrected chi connectivity index (χ2v) is 4.06. The minimum Gasteiger partial charge on any atom is -0.325 e. The molecule has 1 aromatic rings. The van der Waals surface area contributed by atoms with Gasteiger partial charge in [0, 0.05) is 11.3 Å². The average molecular weight is 277 g/mol. The summed E-state index contributed by atoms with van der Waals surface area (Å²) in [5.74, 6) is -0.158. The number of nitrogens with one attached hydrogen (secondary N) is 2. The van der Waals surface area contributed by atoms with Gasteiger partial charge < -0.3 is 10.6 Å². The first-order valence-corrected chi connectivity index (χ1v) is 5.59. The Balaban J connectivity index is 0.00000162. The lowest BCUT2D eigenvalue weighted by atomic mass is 10.2. The smallest absolute Gasteiger partial charge is 0.263 e. The van der Waals surface area contributed by atoms with Crippen LogP contribution in [0.5, 0.6) is 0 Å². The van der Waals surface area contributed by atoms with E-state index in [1.165, 1.54) is 18.2 Å². The zero-order chi connectivity index (χ0) is 12.3. The third-order valence-corrected chi connectivity index (χ3v) is 2.78. The van der Waals surface area contributed by atoms with Gasteiger partial charge in [-0.05, 0) is 31.5 Å². The fourth-order valence-corrected chi connectivity index (χ4v) is 1.89. The first-order chi connectivity index (χ1) is 8.16. The van der Waals surface area contributed by atoms with Crippen LogP contribution in [0.4, 0.5) is 14.5 Å². The van der Waals surface area contributed by atoms with E-state index < -0.39 is 6.43 Å². The molecule has 1 atom stereocenters. The van der Waals surface area contributed by atoms with Gasteiger partial charge in [0.05, 0.1) is 6.04 Å². The molecular weight excluding hydrogens is 262 g/mol. The van der Waals surface area contributed by atoms with E-state index in [2.05, 4.69) is 10.6 Å². The van der Waals surface area contributed by atoms with Gasteiger partial charge in [0.25, 0.3) is 6.43 Å². The van der Waals surface area contributed by atoms with Gasteiger partial charge in [-0.1, -0.05) is 12.1 Å². The number of anilines is 1. The Labute approximate surface area is 110 Å². The van der Waals surface area contributed by atoms with Crippen LogP contribution in [0, 0.1) is 0 Å². The molecule has 1 fully saturated rings. The highest BCUT2D eigenvalue weighted by Gasteiger charge is 2.22. The van der Waals surface area contributed by atoms with Crippen LogP contribution in [0.15, 0.2) is 24.3 Å². The van der Waals surface area contributed by atoms with Crippen LogP contribution in [0.25, 0.3) is 0 Å². The molecule has 0 radical (unpaired) electrons. The molecule has 100 valence electrons. The fourth-order valence-electron chi connectivity index (χ4n) is 1.89. The van der Waals surface area contributed by atoms with E-state index in [1.807, 2.05) is 0 Å². The van der Waals surface area contributed by atoms with Crippen molar-refractivity contribution in [2.75, 3.05) is 11.9 Å². The molecule has 0 spiro atoms. The van der Waals surface area contributed by atoms with Crippen LogP contribution < -0.4 is 10.6 Å². The summed E-state index contributed by atoms with van der Waals surface area (Å²) in [5.41, 5.74) is 0.337. The van der Waals surface area contributed by atoms with Crippen molar-refractivity contribution >= 4 is 24.0 Å². The molecule has 2 rings (SSSR count). The van der Waals surface area contributed by atoms with E-state index >= 15 is 0 Å². The Morgan fingerprint density at radius 1 is 1.44 bits per heavy atom. The van der Waals surface area contributed by atoms with E-state index in [0.717, 1.165) is 19.4 Å². The number of carbonyl (C=O) groups excluding carboxylic acids is 1. The van der Waals surface area contributed by atoms with Crippen molar-refractivity contribution in [2.24, 2.45) is 0 Å². The molecule has 0 saturated carbocycles. The van der Waals surface area contributed by atoms with Gasteiger partial charge in [-0.25, -0.2) is 8.78 Å². The molecule has 1 aliphatic rings. The van der Waals surface area contributed by atoms with Gasteiger partial charge in [-0.15, -0.1) is 12.4 Å². The van der Waals surface area contributed by atoms with Gasteiger partial charge in [0.2, 0.25) is 5.91 Å². The van der Waals surface area contributed by atoms with Crippen LogP contribution in [0.2, 0.25) is 0 Å². The molecule has 0 bridgehead atoms. The van der Waals surface area contributed by atoms with Gasteiger partial charge >= 0.3 is 0 Å². The number of rotatable bonds is 3. The van der Waals surface area contributed by atoms with Gasteiger partial charge in [-0.2, -0.15) is 0 Å². The van der Waals surface area contributed by atoms with E-state index in [-0.39, 0.29) is 29.9 Å². The van der Waals surface area contributed by atoms with Crippen LogP contribution in [0.3, 0.4) is 0 Å². The summed E-state index contributed by atoms with van der Waals surface area (Å²) in [4.78, 5) is 11.7. The number of amides is 1. The SMILES string of the molecule is Cl.O=C(Nc1cccc(C(F)F)c1)C1CCCN1. The third kappa shape index (κ3) is 3.65. The molecule has 1 amide bonds. The summed E-state index contributed by atoms with van der Waals surface area (Å²) in [6.45, 7) is 0.829. The first-order valence-electron chi connectivity index (χ1n) is 5.59. The quantitative estimate of drug-likeness (QED) is 0.891. The fraction of sp³-hybridized carbons (Fsp3) is 0.417. The van der Waals surface area contributed by atoms with Crippen molar-refractivity contribution in [1.82, 2.24) is 5.32 Å². The minimum absolute atomic E-state index is 0. The Bertz CT molecular complexity index is 409. The van der Waals surface area contributed by atoms with Crippen LogP contribution in [-0.2, 0) is 4.79 Å². The molecular formula is C12H15ClF2N2O. The lowest BCUT2D eigenvalue weighted by Gasteiger charge is -2.11. The van der Waals surface area contributed by atoms with Crippen LogP contribution in [-0.4, -0.2) is 18.5 Å². The van der Waals surface area contributed by atoms with E-state index in [0.29, 0.717) is 5.69 Å². The summed E-state index contributed by atoms with van der Waals surface area (Å²) in [6.07, 6.45) is -0.758. The Morgan fingerprint density at radius 3 is 2.83 bits per heavy atom. The van der Waals surface area contributed by atoms with E-state index in [4.69, 9.17) is 0 Å². The monoisotopic (exact) mass is 276 g/mol. The molecule has 0 aliphatic carbocycles. The highest BCUT2D eigenvalue weighted by atomic mass is 35.5. The van der Waals surface area contributed by atoms with Crippen molar-refractivity contribution < 1.29 is 13.6 Å². The zero-order valence-corrected chi connectivity index (χ0v) is 10.5. The number of alkyl halides is 2. The molecule has 6 heteroatoms. The topological polar surface area (TPSA) is 41.1 Å². The maximum Gasteiger partial charge on any atom is 0.263 e. The number of hydrogen-bond donors (Lipinski definition) is 2. The maximum absolute atomic E-state index is 12.5. The zero-order valence-electron chi connectivity index (χ0n) is 9.66. The second-order valence-electron chi connectivity index (χ2n) is 4.06. The Kier molecular flexibility index (Phi) is 5.50. The summed E-state index contributed by atoms with van der Waals surface area (Å²) >= 11 is 0. The minimum atomic E-state index is -2.52. The lowest BCUT2D eigenvalue weighted by molar-refractivity contribution is -0.117. The predicted octanol–water partition coefficient (Wildman–Crippen LogP) is 2.74. The second kappa shape index (κ2) is 6.66. The molecule has 1 aromatic carbocycles. The molecule has 18 heavy (non-hydrogen) atoms. The molecule has 3 nitrogen and oxygen atoms in total. The number of hydrogen-bond acceptors (Lipinski definition) is 2. The summed E-state index contributed by atoms with van der Waals surface area (Å²) < 4.78 is 24.9. The normalized spacial score (nSPS) is 18.5. The van der Waals surface area contributed by atoms with Crippen molar-refractivity contribution in [3.05, 3.63) is 29.8 Å². The molecule has 1 unspecified atom stereocenters. The van der Waals surface area contributed by atoms with Crippen molar-refractivity contribution in [3.8, 4) is 0 Å². The molecule has 1 saturated heterocycles. The average Bonchev–Trinajstić information content (AvgIpc) is 2.82. The highest BCUT2D eigenvalue weighted by Crippen LogP contribution is 2.22. The third-order valence-electron chi connectivity index (χ3n) is 2.78. The predicted molar refractivity (Wildman–Crippen MR) is 68.3 cm³/mol. The molecule has 1 aliphatic heterocycles. The van der Waals surface area contributed by atoms with E-state index in [9.17, 15) is 13.6 Å². The summed E-state index contributed by atoms with van der Waals surface area (Å²) in [7, 11) is 0. The van der Waals surface area contributed by atoms with Gasteiger partial charge in [0.1, 0.15) is 0 Å². The largest absolute Gasteiger partial charge is 0.325 e. The van der Waals surface area contributed by atoms with Crippen LogP contribution >= 0.6 is 12.4 Å². The number of halogens is 3. The van der Waals surface area contributed by atoms with Crippen molar-refractivity contribution in [2.45, 2.75) is 25.3 Å². The highest BCUT2D eigenvalue weighted by molar-refractivity contribution is 5.95. The summed E-state index contributed by atoms with van der Waals surface area (Å²) in [5, 5.41) is 5.70. The maximum atomic E-state index is 12.5. The van der Waals surface area contributed by atoms with E-state index in [1.54, 1.807) is 6.07 Å². The standard InChI is InChI=1S/C12H14F2N2O.ClH/c13-11(14)8-3-1-4-9(7-8)16-12(17)10-5-2-6-15-10;/h1,3-4,7,10-11,15H,2,5-6H2,(H,16,17);1H. The summed E-state index contributed by atoms with van der Waals surface area (Å²) in [6, 6.07) is 5.56. The van der Waals surface area contributed by atoms with Crippen molar-refractivity contribution in [1.29, 1.82) is 0 Å². The number of benzene rings is 1.